The van der Waals surface area contributed by atoms with Crippen molar-refractivity contribution in [1.29, 1.82) is 0 Å². The van der Waals surface area contributed by atoms with Gasteiger partial charge in [-0.2, -0.15) is 0 Å². The maximum absolute atomic E-state index is 10.9. The molecule has 0 heterocycles. The summed E-state index contributed by atoms with van der Waals surface area (Å²) in [5.41, 5.74) is 1.87. The first-order chi connectivity index (χ1) is 4.72. The molecule has 0 bridgehead atoms. The molecule has 1 aromatic carbocycles. The third kappa shape index (κ3) is 1.56. The molecule has 1 nitrogen and oxygen atoms in total. The maximum atomic E-state index is 10.9. The van der Waals surface area contributed by atoms with E-state index in [9.17, 15) is 4.79 Å². The molecule has 1 rings (SSSR count). The van der Waals surface area contributed by atoms with Gasteiger partial charge in [-0.05, 0) is 0 Å². The Kier molecular flexibility index (Phi) is 2.41. The zero-order valence-electron chi connectivity index (χ0n) is 5.72. The first-order valence-electron chi connectivity index (χ1n) is 3.03. The summed E-state index contributed by atoms with van der Waals surface area (Å²) >= 11 is 1.59. The topological polar surface area (TPSA) is 17.1 Å². The van der Waals surface area contributed by atoms with Crippen LogP contribution in [-0.4, -0.2) is 4.09 Å². The van der Waals surface area contributed by atoms with E-state index in [-0.39, 0.29) is 4.09 Å². The molecule has 1 aromatic rings. The molecule has 0 saturated heterocycles. The predicted molar refractivity (Wildman–Crippen MR) is 35.5 cm³/mol. The van der Waals surface area contributed by atoms with Crippen molar-refractivity contribution < 1.29 is 25.2 Å². The summed E-state index contributed by atoms with van der Waals surface area (Å²) in [6, 6.07) is 7.60. The molecule has 10 heavy (non-hydrogen) atoms. The fourth-order valence-corrected chi connectivity index (χ4v) is 1.27. The number of hydrogen-bond donors (Lipinski definition) is 0. The minimum absolute atomic E-state index is 0.137. The molecule has 0 N–H and O–H groups in total. The van der Waals surface area contributed by atoms with Gasteiger partial charge >= 0.3 is 71.6 Å². The van der Waals surface area contributed by atoms with Gasteiger partial charge in [-0.25, -0.2) is 0 Å². The Labute approximate surface area is 71.8 Å². The Hall–Kier alpha value is -0.396. The molecular formula is C8H7OTi. The summed E-state index contributed by atoms with van der Waals surface area (Å²) in [7, 11) is 0. The number of rotatable bonds is 1. The van der Waals surface area contributed by atoms with E-state index < -0.39 is 0 Å². The summed E-state index contributed by atoms with van der Waals surface area (Å²) in [6.45, 7) is 1.94. The molecule has 0 radical (unpaired) electrons. The van der Waals surface area contributed by atoms with Crippen molar-refractivity contribution >= 4 is 4.09 Å². The number of benzene rings is 1. The molecule has 0 saturated carbocycles. The van der Waals surface area contributed by atoms with Crippen LogP contribution in [0.5, 0.6) is 0 Å². The van der Waals surface area contributed by atoms with Gasteiger partial charge in [0.1, 0.15) is 0 Å². The molecule has 0 amide bonds. The van der Waals surface area contributed by atoms with Crippen LogP contribution in [0.4, 0.5) is 0 Å². The van der Waals surface area contributed by atoms with Crippen LogP contribution in [0.1, 0.15) is 15.9 Å². The molecule has 0 fully saturated rings. The molecule has 0 aliphatic heterocycles. The van der Waals surface area contributed by atoms with Crippen LogP contribution in [0, 0.1) is 6.92 Å². The van der Waals surface area contributed by atoms with Crippen LogP contribution in [0.25, 0.3) is 0 Å². The Balaban J connectivity index is 3.15. The van der Waals surface area contributed by atoms with E-state index in [4.69, 9.17) is 0 Å². The van der Waals surface area contributed by atoms with E-state index >= 15 is 0 Å². The minimum atomic E-state index is 0.137. The number of aryl methyl sites for hydroxylation is 1. The van der Waals surface area contributed by atoms with Gasteiger partial charge in [-0.15, -0.1) is 0 Å². The zero-order chi connectivity index (χ0) is 7.56. The summed E-state index contributed by atoms with van der Waals surface area (Å²) in [5, 5.41) is 0. The molecule has 0 aliphatic rings. The van der Waals surface area contributed by atoms with Gasteiger partial charge in [0.15, 0.2) is 0 Å². The van der Waals surface area contributed by atoms with Crippen molar-refractivity contribution in [3.8, 4) is 0 Å². The monoisotopic (exact) mass is 167 g/mol. The first-order valence-corrected chi connectivity index (χ1v) is 3.81. The molecule has 0 unspecified atom stereocenters. The van der Waals surface area contributed by atoms with Crippen LogP contribution in [0.3, 0.4) is 0 Å². The van der Waals surface area contributed by atoms with Crippen LogP contribution >= 0.6 is 0 Å². The fourth-order valence-electron chi connectivity index (χ4n) is 0.828. The Bertz CT molecular complexity index is 255. The third-order valence-electron chi connectivity index (χ3n) is 1.39. The third-order valence-corrected chi connectivity index (χ3v) is 1.81. The van der Waals surface area contributed by atoms with E-state index in [0.717, 1.165) is 11.1 Å². The molecule has 49 valence electrons. The van der Waals surface area contributed by atoms with Crippen molar-refractivity contribution in [1.82, 2.24) is 0 Å². The number of hydrogen-bond acceptors (Lipinski definition) is 1. The molecule has 0 aromatic heterocycles. The van der Waals surface area contributed by atoms with E-state index in [1.807, 2.05) is 31.2 Å². The van der Waals surface area contributed by atoms with Crippen molar-refractivity contribution in [3.05, 3.63) is 35.4 Å². The van der Waals surface area contributed by atoms with Gasteiger partial charge in [0.2, 0.25) is 0 Å². The molecular weight excluding hydrogens is 160 g/mol. The van der Waals surface area contributed by atoms with Gasteiger partial charge in [0, 0.05) is 0 Å². The van der Waals surface area contributed by atoms with Crippen LogP contribution in [-0.2, 0) is 20.4 Å². The molecule has 0 atom stereocenters. The molecule has 2 heteroatoms. The Morgan fingerprint density at radius 1 is 1.40 bits per heavy atom. The second kappa shape index (κ2) is 3.13. The fraction of sp³-hybridized carbons (Fsp3) is 0.125. The van der Waals surface area contributed by atoms with Crippen LogP contribution in [0.2, 0.25) is 0 Å². The van der Waals surface area contributed by atoms with Crippen molar-refractivity contribution in [3.63, 3.8) is 0 Å². The zero-order valence-corrected chi connectivity index (χ0v) is 7.28. The van der Waals surface area contributed by atoms with E-state index in [2.05, 4.69) is 0 Å². The second-order valence-corrected chi connectivity index (χ2v) is 2.85. The van der Waals surface area contributed by atoms with Gasteiger partial charge in [0.05, 0.1) is 0 Å². The summed E-state index contributed by atoms with van der Waals surface area (Å²) in [6.07, 6.45) is 0. The van der Waals surface area contributed by atoms with Gasteiger partial charge in [0.25, 0.3) is 0 Å². The van der Waals surface area contributed by atoms with Crippen molar-refractivity contribution in [2.75, 3.05) is 0 Å². The van der Waals surface area contributed by atoms with Crippen molar-refractivity contribution in [2.45, 2.75) is 6.92 Å². The second-order valence-electron chi connectivity index (χ2n) is 2.14. The molecule has 0 aliphatic carbocycles. The summed E-state index contributed by atoms with van der Waals surface area (Å²) < 4.78 is 0.137. The van der Waals surface area contributed by atoms with Crippen molar-refractivity contribution in [2.24, 2.45) is 0 Å². The average molecular weight is 167 g/mol. The van der Waals surface area contributed by atoms with Gasteiger partial charge < -0.3 is 0 Å². The van der Waals surface area contributed by atoms with Gasteiger partial charge in [-0.3, -0.25) is 0 Å². The van der Waals surface area contributed by atoms with Crippen LogP contribution < -0.4 is 0 Å². The average Bonchev–Trinajstić information content (AvgIpc) is 1.88. The normalized spacial score (nSPS) is 9.20. The van der Waals surface area contributed by atoms with E-state index in [1.165, 1.54) is 0 Å². The summed E-state index contributed by atoms with van der Waals surface area (Å²) in [4.78, 5) is 10.9. The Morgan fingerprint density at radius 3 is 2.40 bits per heavy atom. The SMILES string of the molecule is Cc1ccccc1[C](=O)[Ti]. The number of carbonyl (C=O) groups is 1. The van der Waals surface area contributed by atoms with Gasteiger partial charge in [-0.1, -0.05) is 0 Å². The first kappa shape index (κ1) is 7.71. The summed E-state index contributed by atoms with van der Waals surface area (Å²) in [5.74, 6) is 0. The Morgan fingerprint density at radius 2 is 2.00 bits per heavy atom. The standard InChI is InChI=1S/C8H7O.Ti/c1-7-4-2-3-5-8(7)6-9;/h2-5H,1H3;. The van der Waals surface area contributed by atoms with E-state index in [0.29, 0.717) is 0 Å². The quantitative estimate of drug-likeness (QED) is 0.581. The van der Waals surface area contributed by atoms with Crippen LogP contribution in [0.15, 0.2) is 24.3 Å². The predicted octanol–water partition coefficient (Wildman–Crippen LogP) is 1.68. The van der Waals surface area contributed by atoms with E-state index in [1.54, 1.807) is 20.4 Å². The number of carbonyl (C=O) groups excluding carboxylic acids is 1. The molecule has 0 spiro atoms.